The van der Waals surface area contributed by atoms with Gasteiger partial charge in [0.05, 0.1) is 102 Å². The molecular formula is C21H35N3O11. The molecule has 0 heterocycles. The van der Waals surface area contributed by atoms with Gasteiger partial charge in [0.2, 0.25) is 0 Å². The van der Waals surface area contributed by atoms with Crippen molar-refractivity contribution in [2.24, 2.45) is 0 Å². The standard InChI is InChI=1S/C21H35N3O11/c1-29-6-7-31-10-11-33-14-15-35-17-16-34-13-12-32-9-8-30-5-4-22-20-3-2-19(23(25)26)18-21(20)24(27)28/h2-3,18,22H,4-17H2,1H3. The highest BCUT2D eigenvalue weighted by Crippen LogP contribution is 2.28. The number of nitro benzene ring substituents is 2. The van der Waals surface area contributed by atoms with Crippen molar-refractivity contribution < 1.29 is 43.0 Å². The molecule has 0 spiro atoms. The summed E-state index contributed by atoms with van der Waals surface area (Å²) in [5.41, 5.74) is -0.508. The Labute approximate surface area is 204 Å². The summed E-state index contributed by atoms with van der Waals surface area (Å²) in [5.74, 6) is 0. The van der Waals surface area contributed by atoms with E-state index in [1.54, 1.807) is 7.11 Å². The van der Waals surface area contributed by atoms with Crippen molar-refractivity contribution in [1.82, 2.24) is 0 Å². The van der Waals surface area contributed by atoms with Gasteiger partial charge in [0.25, 0.3) is 11.4 Å². The minimum atomic E-state index is -0.680. The molecule has 14 heteroatoms. The van der Waals surface area contributed by atoms with Crippen LogP contribution in [0.1, 0.15) is 0 Å². The van der Waals surface area contributed by atoms with Crippen LogP contribution < -0.4 is 5.32 Å². The second kappa shape index (κ2) is 20.9. The number of anilines is 1. The van der Waals surface area contributed by atoms with Crippen molar-refractivity contribution in [3.05, 3.63) is 38.4 Å². The molecule has 0 aliphatic rings. The first kappa shape index (κ1) is 30.6. The number of nitrogens with zero attached hydrogens (tertiary/aromatic N) is 2. The minimum absolute atomic E-state index is 0.192. The van der Waals surface area contributed by atoms with Crippen LogP contribution in [0.15, 0.2) is 18.2 Å². The van der Waals surface area contributed by atoms with E-state index in [0.717, 1.165) is 6.07 Å². The molecule has 35 heavy (non-hydrogen) atoms. The quantitative estimate of drug-likeness (QED) is 0.123. The second-order valence-corrected chi connectivity index (χ2v) is 6.81. The van der Waals surface area contributed by atoms with Gasteiger partial charge in [-0.05, 0) is 6.07 Å². The Balaban J connectivity index is 1.88. The maximum atomic E-state index is 11.1. The first-order chi connectivity index (χ1) is 17.1. The SMILES string of the molecule is COCCOCCOCCOCCOCCOCCOCCNc1ccc([N+](=O)[O-])cc1[N+](=O)[O-]. The van der Waals surface area contributed by atoms with Gasteiger partial charge in [-0.15, -0.1) is 0 Å². The number of benzene rings is 1. The van der Waals surface area contributed by atoms with Crippen LogP contribution in [0.25, 0.3) is 0 Å². The number of nitro groups is 2. The van der Waals surface area contributed by atoms with Crippen LogP contribution >= 0.6 is 0 Å². The van der Waals surface area contributed by atoms with Crippen LogP contribution in [-0.4, -0.2) is 109 Å². The van der Waals surface area contributed by atoms with Crippen LogP contribution in [-0.2, 0) is 33.2 Å². The fraction of sp³-hybridized carbons (Fsp3) is 0.714. The third-order valence-electron chi connectivity index (χ3n) is 4.24. The second-order valence-electron chi connectivity index (χ2n) is 6.81. The number of hydrogen-bond donors (Lipinski definition) is 1. The van der Waals surface area contributed by atoms with Crippen molar-refractivity contribution >= 4 is 17.1 Å². The molecule has 1 rings (SSSR count). The molecule has 0 aliphatic heterocycles. The maximum absolute atomic E-state index is 11.1. The van der Waals surface area contributed by atoms with Gasteiger partial charge in [-0.2, -0.15) is 0 Å². The van der Waals surface area contributed by atoms with Crippen LogP contribution in [0.2, 0.25) is 0 Å². The Kier molecular flexibility index (Phi) is 18.2. The number of ether oxygens (including phenoxy) is 7. The highest BCUT2D eigenvalue weighted by atomic mass is 16.6. The fourth-order valence-corrected chi connectivity index (χ4v) is 2.54. The Morgan fingerprint density at radius 3 is 1.49 bits per heavy atom. The Bertz CT molecular complexity index is 709. The van der Waals surface area contributed by atoms with Gasteiger partial charge in [0.1, 0.15) is 5.69 Å². The Morgan fingerprint density at radius 1 is 0.657 bits per heavy atom. The molecule has 0 fully saturated rings. The monoisotopic (exact) mass is 505 g/mol. The summed E-state index contributed by atoms with van der Waals surface area (Å²) < 4.78 is 37.0. The van der Waals surface area contributed by atoms with E-state index in [-0.39, 0.29) is 23.7 Å². The Hall–Kier alpha value is -2.46. The van der Waals surface area contributed by atoms with Crippen LogP contribution in [0, 0.1) is 20.2 Å². The van der Waals surface area contributed by atoms with Crippen molar-refractivity contribution in [3.63, 3.8) is 0 Å². The van der Waals surface area contributed by atoms with E-state index in [4.69, 9.17) is 33.2 Å². The Morgan fingerprint density at radius 2 is 1.09 bits per heavy atom. The van der Waals surface area contributed by atoms with Gasteiger partial charge in [-0.3, -0.25) is 20.2 Å². The van der Waals surface area contributed by atoms with Crippen molar-refractivity contribution in [3.8, 4) is 0 Å². The van der Waals surface area contributed by atoms with Gasteiger partial charge in [-0.25, -0.2) is 0 Å². The minimum Gasteiger partial charge on any atom is -0.382 e. The smallest absolute Gasteiger partial charge is 0.299 e. The van der Waals surface area contributed by atoms with Crippen LogP contribution in [0.3, 0.4) is 0 Å². The van der Waals surface area contributed by atoms with Gasteiger partial charge in [0.15, 0.2) is 0 Å². The summed E-state index contributed by atoms with van der Waals surface area (Å²) in [7, 11) is 1.63. The molecule has 14 nitrogen and oxygen atoms in total. The molecule has 0 unspecified atom stereocenters. The molecular weight excluding hydrogens is 470 g/mol. The first-order valence-corrected chi connectivity index (χ1v) is 11.2. The van der Waals surface area contributed by atoms with E-state index in [2.05, 4.69) is 5.32 Å². The molecule has 0 saturated heterocycles. The normalized spacial score (nSPS) is 11.0. The molecule has 0 aromatic heterocycles. The lowest BCUT2D eigenvalue weighted by molar-refractivity contribution is -0.393. The fourth-order valence-electron chi connectivity index (χ4n) is 2.54. The highest BCUT2D eigenvalue weighted by Gasteiger charge is 2.18. The van der Waals surface area contributed by atoms with Crippen LogP contribution in [0.5, 0.6) is 0 Å². The summed E-state index contributed by atoms with van der Waals surface area (Å²) in [5, 5.41) is 24.7. The third-order valence-corrected chi connectivity index (χ3v) is 4.24. The molecule has 1 aromatic carbocycles. The molecule has 1 N–H and O–H groups in total. The zero-order chi connectivity index (χ0) is 25.6. The molecule has 0 atom stereocenters. The summed E-state index contributed by atoms with van der Waals surface area (Å²) in [4.78, 5) is 20.5. The van der Waals surface area contributed by atoms with Gasteiger partial charge in [-0.1, -0.05) is 0 Å². The lowest BCUT2D eigenvalue weighted by atomic mass is 10.2. The molecule has 0 amide bonds. The lowest BCUT2D eigenvalue weighted by Gasteiger charge is -2.09. The molecule has 0 bridgehead atoms. The van der Waals surface area contributed by atoms with E-state index >= 15 is 0 Å². The van der Waals surface area contributed by atoms with E-state index < -0.39 is 9.85 Å². The van der Waals surface area contributed by atoms with Gasteiger partial charge in [0, 0.05) is 19.7 Å². The molecule has 200 valence electrons. The summed E-state index contributed by atoms with van der Waals surface area (Å²) >= 11 is 0. The van der Waals surface area contributed by atoms with E-state index in [1.807, 2.05) is 0 Å². The zero-order valence-electron chi connectivity index (χ0n) is 20.0. The molecule has 0 saturated carbocycles. The summed E-state index contributed by atoms with van der Waals surface area (Å²) in [6.45, 7) is 6.26. The summed E-state index contributed by atoms with van der Waals surface area (Å²) in [6.07, 6.45) is 0. The number of non-ortho nitro benzene ring substituents is 1. The topological polar surface area (TPSA) is 163 Å². The highest BCUT2D eigenvalue weighted by molar-refractivity contribution is 5.65. The number of nitrogens with one attached hydrogen (secondary N) is 1. The van der Waals surface area contributed by atoms with Crippen molar-refractivity contribution in [2.75, 3.05) is 105 Å². The van der Waals surface area contributed by atoms with Crippen molar-refractivity contribution in [1.29, 1.82) is 0 Å². The van der Waals surface area contributed by atoms with E-state index in [0.29, 0.717) is 85.8 Å². The summed E-state index contributed by atoms with van der Waals surface area (Å²) in [6, 6.07) is 3.43. The largest absolute Gasteiger partial charge is 0.382 e. The number of rotatable bonds is 24. The molecule has 0 radical (unpaired) electrons. The third kappa shape index (κ3) is 15.9. The average Bonchev–Trinajstić information content (AvgIpc) is 2.84. The molecule has 0 aliphatic carbocycles. The first-order valence-electron chi connectivity index (χ1n) is 11.2. The van der Waals surface area contributed by atoms with Gasteiger partial charge >= 0.3 is 0 Å². The van der Waals surface area contributed by atoms with Crippen LogP contribution in [0.4, 0.5) is 17.1 Å². The lowest BCUT2D eigenvalue weighted by Crippen LogP contribution is -2.15. The van der Waals surface area contributed by atoms with E-state index in [1.165, 1.54) is 12.1 Å². The van der Waals surface area contributed by atoms with E-state index in [9.17, 15) is 20.2 Å². The zero-order valence-corrected chi connectivity index (χ0v) is 20.0. The average molecular weight is 506 g/mol. The predicted molar refractivity (Wildman–Crippen MR) is 125 cm³/mol. The maximum Gasteiger partial charge on any atom is 0.299 e. The molecule has 1 aromatic rings. The van der Waals surface area contributed by atoms with Gasteiger partial charge < -0.3 is 38.5 Å². The number of hydrogen-bond acceptors (Lipinski definition) is 12. The number of methoxy groups -OCH3 is 1. The predicted octanol–water partition coefficient (Wildman–Crippen LogP) is 1.66. The van der Waals surface area contributed by atoms with Crippen molar-refractivity contribution in [2.45, 2.75) is 0 Å².